The standard InChI is InChI=1S/C24H30F3N5O4/c1-15-8-9-18(29-19-13-17(10-11-28-19)36-24(25,26)27)30-20(15)21(33)32-12-6-5-7-16(32)14-35-22(34)31-23(2,3)4/h8-11,13,16H,5-7,12,14H2,1-4H3,(H,31,34)(H,28,29,30). The molecule has 3 heterocycles. The Labute approximate surface area is 207 Å². The Morgan fingerprint density at radius 1 is 1.14 bits per heavy atom. The van der Waals surface area contributed by atoms with Gasteiger partial charge in [0.25, 0.3) is 5.91 Å². The number of likely N-dealkylation sites (tertiary alicyclic amines) is 1. The molecule has 0 aliphatic carbocycles. The summed E-state index contributed by atoms with van der Waals surface area (Å²) in [6.45, 7) is 7.82. The zero-order chi connectivity index (χ0) is 26.5. The minimum Gasteiger partial charge on any atom is -0.447 e. The number of nitrogens with one attached hydrogen (secondary N) is 2. The lowest BCUT2D eigenvalue weighted by Crippen LogP contribution is -2.48. The number of carbonyl (C=O) groups excluding carboxylic acids is 2. The van der Waals surface area contributed by atoms with Crippen LogP contribution in [0.2, 0.25) is 0 Å². The largest absolute Gasteiger partial charge is 0.573 e. The first kappa shape index (κ1) is 27.0. The second-order valence-corrected chi connectivity index (χ2v) is 9.53. The Morgan fingerprint density at radius 3 is 2.58 bits per heavy atom. The number of pyridine rings is 2. The lowest BCUT2D eigenvalue weighted by molar-refractivity contribution is -0.274. The molecule has 1 unspecified atom stereocenters. The average Bonchev–Trinajstić information content (AvgIpc) is 2.77. The number of anilines is 2. The lowest BCUT2D eigenvalue weighted by atomic mass is 10.0. The number of hydrogen-bond acceptors (Lipinski definition) is 7. The molecule has 9 nitrogen and oxygen atoms in total. The van der Waals surface area contributed by atoms with Crippen molar-refractivity contribution in [1.82, 2.24) is 20.2 Å². The van der Waals surface area contributed by atoms with Crippen molar-refractivity contribution in [2.75, 3.05) is 18.5 Å². The third-order valence-electron chi connectivity index (χ3n) is 5.29. The van der Waals surface area contributed by atoms with Gasteiger partial charge in [-0.05, 0) is 64.7 Å². The quantitative estimate of drug-likeness (QED) is 0.568. The van der Waals surface area contributed by atoms with Crippen LogP contribution in [0.15, 0.2) is 30.5 Å². The van der Waals surface area contributed by atoms with Gasteiger partial charge in [-0.15, -0.1) is 13.2 Å². The summed E-state index contributed by atoms with van der Waals surface area (Å²) >= 11 is 0. The van der Waals surface area contributed by atoms with E-state index in [1.807, 2.05) is 20.8 Å². The number of rotatable bonds is 6. The van der Waals surface area contributed by atoms with Gasteiger partial charge in [0, 0.05) is 24.3 Å². The van der Waals surface area contributed by atoms with Crippen molar-refractivity contribution in [1.29, 1.82) is 0 Å². The van der Waals surface area contributed by atoms with Crippen LogP contribution in [0.3, 0.4) is 0 Å². The molecule has 196 valence electrons. The molecule has 36 heavy (non-hydrogen) atoms. The van der Waals surface area contributed by atoms with Crippen molar-refractivity contribution in [3.05, 3.63) is 41.7 Å². The van der Waals surface area contributed by atoms with Crippen LogP contribution in [-0.2, 0) is 4.74 Å². The van der Waals surface area contributed by atoms with Crippen molar-refractivity contribution in [2.24, 2.45) is 0 Å². The minimum atomic E-state index is -4.83. The highest BCUT2D eigenvalue weighted by Gasteiger charge is 2.32. The normalized spacial score (nSPS) is 16.3. The maximum absolute atomic E-state index is 13.4. The molecular formula is C24H30F3N5O4. The molecule has 1 atom stereocenters. The zero-order valence-corrected chi connectivity index (χ0v) is 20.6. The van der Waals surface area contributed by atoms with Gasteiger partial charge in [0.1, 0.15) is 29.7 Å². The number of alkyl halides is 3. The molecule has 0 saturated carbocycles. The molecule has 2 aromatic rings. The van der Waals surface area contributed by atoms with Crippen LogP contribution in [0.25, 0.3) is 0 Å². The summed E-state index contributed by atoms with van der Waals surface area (Å²) in [6, 6.07) is 5.14. The molecule has 1 fully saturated rings. The van der Waals surface area contributed by atoms with Gasteiger partial charge in [-0.1, -0.05) is 6.07 Å². The summed E-state index contributed by atoms with van der Waals surface area (Å²) in [4.78, 5) is 35.6. The second kappa shape index (κ2) is 11.0. The Balaban J connectivity index is 1.73. The first-order valence-electron chi connectivity index (χ1n) is 11.5. The highest BCUT2D eigenvalue weighted by molar-refractivity contribution is 5.94. The molecule has 1 aliphatic rings. The number of halogens is 3. The number of amides is 2. The predicted octanol–water partition coefficient (Wildman–Crippen LogP) is 4.95. The molecule has 0 aromatic carbocycles. The number of aromatic nitrogens is 2. The predicted molar refractivity (Wildman–Crippen MR) is 126 cm³/mol. The molecule has 0 radical (unpaired) electrons. The first-order chi connectivity index (χ1) is 16.8. The fraction of sp³-hybridized carbons (Fsp3) is 0.500. The third-order valence-corrected chi connectivity index (χ3v) is 5.29. The maximum atomic E-state index is 13.4. The third kappa shape index (κ3) is 7.99. The van der Waals surface area contributed by atoms with Crippen LogP contribution in [0, 0.1) is 6.92 Å². The van der Waals surface area contributed by atoms with E-state index >= 15 is 0 Å². The highest BCUT2D eigenvalue weighted by Crippen LogP contribution is 2.26. The van der Waals surface area contributed by atoms with Crippen LogP contribution < -0.4 is 15.4 Å². The van der Waals surface area contributed by atoms with Crippen molar-refractivity contribution >= 4 is 23.6 Å². The first-order valence-corrected chi connectivity index (χ1v) is 11.5. The number of alkyl carbamates (subject to hydrolysis) is 1. The summed E-state index contributed by atoms with van der Waals surface area (Å²) in [5, 5.41) is 5.54. The number of carbonyl (C=O) groups is 2. The number of ether oxygens (including phenoxy) is 2. The van der Waals surface area contributed by atoms with Crippen molar-refractivity contribution in [3.8, 4) is 5.75 Å². The van der Waals surface area contributed by atoms with Crippen molar-refractivity contribution in [3.63, 3.8) is 0 Å². The molecule has 12 heteroatoms. The molecular weight excluding hydrogens is 479 g/mol. The molecule has 2 N–H and O–H groups in total. The second-order valence-electron chi connectivity index (χ2n) is 9.53. The van der Waals surface area contributed by atoms with Crippen LogP contribution >= 0.6 is 0 Å². The maximum Gasteiger partial charge on any atom is 0.573 e. The average molecular weight is 510 g/mol. The SMILES string of the molecule is Cc1ccc(Nc2cc(OC(F)(F)F)ccn2)nc1C(=O)N1CCCCC1COC(=O)NC(C)(C)C. The van der Waals surface area contributed by atoms with Gasteiger partial charge in [0.2, 0.25) is 0 Å². The molecule has 1 saturated heterocycles. The topological polar surface area (TPSA) is 106 Å². The summed E-state index contributed by atoms with van der Waals surface area (Å²) in [5.74, 6) is -0.451. The van der Waals surface area contributed by atoms with Crippen LogP contribution in [0.4, 0.5) is 29.6 Å². The van der Waals surface area contributed by atoms with Gasteiger partial charge >= 0.3 is 12.5 Å². The Bertz CT molecular complexity index is 1090. The fourth-order valence-corrected chi connectivity index (χ4v) is 3.71. The number of aryl methyl sites for hydroxylation is 1. The molecule has 2 aromatic heterocycles. The van der Waals surface area contributed by atoms with E-state index < -0.39 is 23.7 Å². The lowest BCUT2D eigenvalue weighted by Gasteiger charge is -2.35. The Kier molecular flexibility index (Phi) is 8.26. The van der Waals surface area contributed by atoms with Gasteiger partial charge in [-0.2, -0.15) is 0 Å². The van der Waals surface area contributed by atoms with E-state index in [4.69, 9.17) is 4.74 Å². The van der Waals surface area contributed by atoms with Crippen molar-refractivity contribution in [2.45, 2.75) is 64.9 Å². The van der Waals surface area contributed by atoms with E-state index in [9.17, 15) is 22.8 Å². The monoisotopic (exact) mass is 509 g/mol. The van der Waals surface area contributed by atoms with E-state index in [1.165, 1.54) is 0 Å². The zero-order valence-electron chi connectivity index (χ0n) is 20.6. The summed E-state index contributed by atoms with van der Waals surface area (Å²) in [6.07, 6.45) is -1.83. The highest BCUT2D eigenvalue weighted by atomic mass is 19.4. The van der Waals surface area contributed by atoms with Gasteiger partial charge < -0.3 is 25.0 Å². The van der Waals surface area contributed by atoms with Crippen LogP contribution in [-0.4, -0.2) is 58.0 Å². The van der Waals surface area contributed by atoms with E-state index in [0.29, 0.717) is 18.5 Å². The molecule has 3 rings (SSSR count). The fourth-order valence-electron chi connectivity index (χ4n) is 3.71. The van der Waals surface area contributed by atoms with E-state index in [-0.39, 0.29) is 35.9 Å². The van der Waals surface area contributed by atoms with Crippen molar-refractivity contribution < 1.29 is 32.2 Å². The number of piperidine rings is 1. The molecule has 2 amide bonds. The summed E-state index contributed by atoms with van der Waals surface area (Å²) in [5.41, 5.74) is 0.373. The van der Waals surface area contributed by atoms with E-state index in [0.717, 1.165) is 31.2 Å². The van der Waals surface area contributed by atoms with Crippen LogP contribution in [0.5, 0.6) is 5.75 Å². The Morgan fingerprint density at radius 2 is 1.89 bits per heavy atom. The van der Waals surface area contributed by atoms with Gasteiger partial charge in [-0.25, -0.2) is 14.8 Å². The molecule has 0 spiro atoms. The van der Waals surface area contributed by atoms with E-state index in [2.05, 4.69) is 25.3 Å². The molecule has 1 aliphatic heterocycles. The summed E-state index contributed by atoms with van der Waals surface area (Å²) < 4.78 is 46.8. The smallest absolute Gasteiger partial charge is 0.447 e. The van der Waals surface area contributed by atoms with Gasteiger partial charge in [0.05, 0.1) is 6.04 Å². The number of nitrogens with zero attached hydrogens (tertiary/aromatic N) is 3. The van der Waals surface area contributed by atoms with Crippen LogP contribution in [0.1, 0.15) is 56.1 Å². The number of hydrogen-bond donors (Lipinski definition) is 2. The van der Waals surface area contributed by atoms with Gasteiger partial charge in [0.15, 0.2) is 0 Å². The molecule has 0 bridgehead atoms. The Hall–Kier alpha value is -3.57. The van der Waals surface area contributed by atoms with E-state index in [1.54, 1.807) is 24.0 Å². The van der Waals surface area contributed by atoms with Gasteiger partial charge in [-0.3, -0.25) is 4.79 Å². The minimum absolute atomic E-state index is 0.0561. The summed E-state index contributed by atoms with van der Waals surface area (Å²) in [7, 11) is 0.